The largest absolute Gasteiger partial charge is 0.443 e. The number of hydrogen-bond acceptors (Lipinski definition) is 3. The first-order chi connectivity index (χ1) is 6.63. The van der Waals surface area contributed by atoms with Gasteiger partial charge >= 0.3 is 6.09 Å². The van der Waals surface area contributed by atoms with Crippen LogP contribution < -0.4 is 5.73 Å². The Morgan fingerprint density at radius 3 is 2.93 bits per heavy atom. The molecule has 2 atom stereocenters. The third-order valence-electron chi connectivity index (χ3n) is 2.37. The fourth-order valence-electron chi connectivity index (χ4n) is 1.75. The normalized spacial score (nSPS) is 28.7. The highest BCUT2D eigenvalue weighted by Crippen LogP contribution is 2.17. The van der Waals surface area contributed by atoms with E-state index in [1.165, 1.54) is 0 Å². The summed E-state index contributed by atoms with van der Waals surface area (Å²) >= 11 is 0. The molecule has 14 heavy (non-hydrogen) atoms. The first kappa shape index (κ1) is 11.2. The fraction of sp³-hybridized carbons (Fsp3) is 0.889. The van der Waals surface area contributed by atoms with Crippen molar-refractivity contribution in [2.24, 2.45) is 5.73 Å². The molecule has 0 aliphatic carbocycles. The van der Waals surface area contributed by atoms with Gasteiger partial charge < -0.3 is 15.4 Å². The van der Waals surface area contributed by atoms with Crippen LogP contribution in [0.25, 0.3) is 0 Å². The van der Waals surface area contributed by atoms with Crippen LogP contribution in [0.4, 0.5) is 9.18 Å². The number of primary amides is 1. The summed E-state index contributed by atoms with van der Waals surface area (Å²) < 4.78 is 18.1. The number of nitrogens with two attached hydrogens (primary N) is 1. The van der Waals surface area contributed by atoms with Crippen molar-refractivity contribution in [1.82, 2.24) is 4.90 Å². The average Bonchev–Trinajstić information content (AvgIpc) is 2.10. The first-order valence-electron chi connectivity index (χ1n) is 4.96. The Balaban J connectivity index is 2.35. The van der Waals surface area contributed by atoms with Gasteiger partial charge in [-0.2, -0.15) is 0 Å². The highest BCUT2D eigenvalue weighted by Gasteiger charge is 2.31. The van der Waals surface area contributed by atoms with Crippen molar-refractivity contribution in [3.8, 4) is 0 Å². The third-order valence-corrected chi connectivity index (χ3v) is 2.37. The number of rotatable bonds is 3. The molecule has 1 fully saturated rings. The van der Waals surface area contributed by atoms with E-state index in [9.17, 15) is 9.18 Å². The van der Waals surface area contributed by atoms with Gasteiger partial charge in [0.15, 0.2) is 0 Å². The number of halogens is 1. The van der Waals surface area contributed by atoms with E-state index in [-0.39, 0.29) is 0 Å². The van der Waals surface area contributed by atoms with Crippen molar-refractivity contribution in [3.05, 3.63) is 0 Å². The monoisotopic (exact) mass is 204 g/mol. The highest BCUT2D eigenvalue weighted by molar-refractivity contribution is 5.64. The number of piperidine rings is 1. The zero-order chi connectivity index (χ0) is 10.6. The molecule has 0 saturated carbocycles. The van der Waals surface area contributed by atoms with Gasteiger partial charge in [-0.15, -0.1) is 0 Å². The van der Waals surface area contributed by atoms with Crippen molar-refractivity contribution in [1.29, 1.82) is 0 Å². The van der Waals surface area contributed by atoms with Gasteiger partial charge in [0.2, 0.25) is 0 Å². The minimum atomic E-state index is -1.11. The number of nitrogens with zero attached hydrogens (tertiary/aromatic N) is 1. The second-order valence-electron chi connectivity index (χ2n) is 3.58. The SMILES string of the molecule is CCCN1CCC(OC(N)=O)C(F)C1. The molecule has 2 unspecified atom stereocenters. The van der Waals surface area contributed by atoms with Crippen molar-refractivity contribution in [3.63, 3.8) is 0 Å². The van der Waals surface area contributed by atoms with Crippen molar-refractivity contribution >= 4 is 6.09 Å². The minimum Gasteiger partial charge on any atom is -0.443 e. The van der Waals surface area contributed by atoms with Crippen LogP contribution in [0, 0.1) is 0 Å². The number of hydrogen-bond donors (Lipinski definition) is 1. The van der Waals surface area contributed by atoms with Gasteiger partial charge in [-0.1, -0.05) is 6.92 Å². The minimum absolute atomic E-state index is 0.339. The maximum atomic E-state index is 13.4. The topological polar surface area (TPSA) is 55.6 Å². The highest BCUT2D eigenvalue weighted by atomic mass is 19.1. The van der Waals surface area contributed by atoms with Gasteiger partial charge in [-0.25, -0.2) is 9.18 Å². The van der Waals surface area contributed by atoms with Gasteiger partial charge in [0.05, 0.1) is 0 Å². The van der Waals surface area contributed by atoms with E-state index < -0.39 is 18.4 Å². The van der Waals surface area contributed by atoms with E-state index >= 15 is 0 Å². The van der Waals surface area contributed by atoms with Crippen LogP contribution in [0.15, 0.2) is 0 Å². The molecular weight excluding hydrogens is 187 g/mol. The second kappa shape index (κ2) is 5.14. The van der Waals surface area contributed by atoms with Crippen LogP contribution in [-0.4, -0.2) is 42.9 Å². The Hall–Kier alpha value is -0.840. The lowest BCUT2D eigenvalue weighted by Gasteiger charge is -2.33. The molecule has 0 aromatic heterocycles. The lowest BCUT2D eigenvalue weighted by molar-refractivity contribution is -0.00437. The number of amides is 1. The molecule has 5 heteroatoms. The van der Waals surface area contributed by atoms with Crippen LogP contribution in [0.1, 0.15) is 19.8 Å². The molecule has 1 aliphatic rings. The van der Waals surface area contributed by atoms with Crippen molar-refractivity contribution in [2.45, 2.75) is 32.0 Å². The van der Waals surface area contributed by atoms with Crippen LogP contribution in [0.2, 0.25) is 0 Å². The Bertz CT molecular complexity index is 201. The van der Waals surface area contributed by atoms with E-state index in [2.05, 4.69) is 11.7 Å². The van der Waals surface area contributed by atoms with Gasteiger partial charge in [-0.3, -0.25) is 0 Å². The second-order valence-corrected chi connectivity index (χ2v) is 3.58. The standard InChI is InChI=1S/C9H17FN2O2/c1-2-4-12-5-3-8(7(10)6-12)14-9(11)13/h7-8H,2-6H2,1H3,(H2,11,13). The molecule has 2 N–H and O–H groups in total. The first-order valence-corrected chi connectivity index (χ1v) is 4.96. The summed E-state index contributed by atoms with van der Waals surface area (Å²) in [6.07, 6.45) is -1.11. The zero-order valence-corrected chi connectivity index (χ0v) is 8.41. The molecule has 1 aliphatic heterocycles. The third kappa shape index (κ3) is 3.14. The fourth-order valence-corrected chi connectivity index (χ4v) is 1.75. The van der Waals surface area contributed by atoms with Crippen LogP contribution >= 0.6 is 0 Å². The van der Waals surface area contributed by atoms with Crippen molar-refractivity contribution < 1.29 is 13.9 Å². The predicted molar refractivity (Wildman–Crippen MR) is 50.7 cm³/mol. The summed E-state index contributed by atoms with van der Waals surface area (Å²) in [4.78, 5) is 12.5. The Morgan fingerprint density at radius 2 is 2.43 bits per heavy atom. The summed E-state index contributed by atoms with van der Waals surface area (Å²) in [5, 5.41) is 0. The van der Waals surface area contributed by atoms with E-state index in [1.54, 1.807) is 0 Å². The number of carbonyl (C=O) groups excluding carboxylic acids is 1. The van der Waals surface area contributed by atoms with Gasteiger partial charge in [0.1, 0.15) is 12.3 Å². The molecule has 1 rings (SSSR count). The average molecular weight is 204 g/mol. The number of alkyl halides is 1. The Kier molecular flexibility index (Phi) is 4.13. The maximum absolute atomic E-state index is 13.4. The van der Waals surface area contributed by atoms with Gasteiger partial charge in [0, 0.05) is 19.5 Å². The summed E-state index contributed by atoms with van der Waals surface area (Å²) in [5.74, 6) is 0. The molecular formula is C9H17FN2O2. The lowest BCUT2D eigenvalue weighted by atomic mass is 10.1. The van der Waals surface area contributed by atoms with E-state index in [0.717, 1.165) is 19.5 Å². The zero-order valence-electron chi connectivity index (χ0n) is 8.41. The molecule has 0 spiro atoms. The Morgan fingerprint density at radius 1 is 1.71 bits per heavy atom. The lowest BCUT2D eigenvalue weighted by Crippen LogP contribution is -2.47. The molecule has 4 nitrogen and oxygen atoms in total. The quantitative estimate of drug-likeness (QED) is 0.743. The van der Waals surface area contributed by atoms with E-state index in [0.29, 0.717) is 13.0 Å². The molecule has 0 bridgehead atoms. The molecule has 1 heterocycles. The van der Waals surface area contributed by atoms with Crippen molar-refractivity contribution in [2.75, 3.05) is 19.6 Å². The van der Waals surface area contributed by atoms with E-state index in [1.807, 2.05) is 4.90 Å². The molecule has 0 aromatic rings. The summed E-state index contributed by atoms with van der Waals surface area (Å²) in [6.45, 7) is 4.06. The summed E-state index contributed by atoms with van der Waals surface area (Å²) in [6, 6.07) is 0. The van der Waals surface area contributed by atoms with E-state index in [4.69, 9.17) is 5.73 Å². The molecule has 1 saturated heterocycles. The molecule has 0 aromatic carbocycles. The maximum Gasteiger partial charge on any atom is 0.404 e. The van der Waals surface area contributed by atoms with Gasteiger partial charge in [0.25, 0.3) is 0 Å². The molecule has 0 radical (unpaired) electrons. The van der Waals surface area contributed by atoms with Crippen LogP contribution in [-0.2, 0) is 4.74 Å². The Labute approximate surface area is 83.2 Å². The smallest absolute Gasteiger partial charge is 0.404 e. The molecule has 1 amide bonds. The van der Waals surface area contributed by atoms with Crippen LogP contribution in [0.5, 0.6) is 0 Å². The predicted octanol–water partition coefficient (Wildman–Crippen LogP) is 0.904. The molecule has 82 valence electrons. The van der Waals surface area contributed by atoms with Crippen LogP contribution in [0.3, 0.4) is 0 Å². The summed E-state index contributed by atoms with van der Waals surface area (Å²) in [7, 11) is 0. The number of ether oxygens (including phenoxy) is 1. The van der Waals surface area contributed by atoms with Gasteiger partial charge in [-0.05, 0) is 13.0 Å². The number of likely N-dealkylation sites (tertiary alicyclic amines) is 1. The number of carbonyl (C=O) groups is 1. The summed E-state index contributed by atoms with van der Waals surface area (Å²) in [5.41, 5.74) is 4.84.